The van der Waals surface area contributed by atoms with Crippen LogP contribution in [-0.4, -0.2) is 6.61 Å². The Kier molecular flexibility index (Phi) is 7.56. The fourth-order valence-corrected chi connectivity index (χ4v) is 2.44. The first-order valence-corrected chi connectivity index (χ1v) is 8.76. The molecule has 5 heteroatoms. The van der Waals surface area contributed by atoms with Crippen molar-refractivity contribution in [2.45, 2.75) is 39.0 Å². The Morgan fingerprint density at radius 3 is 2.29 bits per heavy atom. The van der Waals surface area contributed by atoms with E-state index in [-0.39, 0.29) is 0 Å². The van der Waals surface area contributed by atoms with Crippen molar-refractivity contribution in [3.05, 3.63) is 47.5 Å². The van der Waals surface area contributed by atoms with Crippen molar-refractivity contribution in [3.8, 4) is 5.75 Å². The molecule has 0 saturated carbocycles. The second kappa shape index (κ2) is 9.93. The van der Waals surface area contributed by atoms with E-state index in [1.54, 1.807) is 18.2 Å². The van der Waals surface area contributed by atoms with Gasteiger partial charge in [0.2, 0.25) is 0 Å². The highest BCUT2D eigenvalue weighted by atomic mass is 35.5. The van der Waals surface area contributed by atoms with Crippen LogP contribution in [0.3, 0.4) is 0 Å². The van der Waals surface area contributed by atoms with Crippen LogP contribution in [0, 0.1) is 0 Å². The van der Waals surface area contributed by atoms with Gasteiger partial charge in [-0.25, -0.2) is 0 Å². The number of hydrogen-bond donors (Lipinski definition) is 1. The molecule has 0 atom stereocenters. The highest BCUT2D eigenvalue weighted by molar-refractivity contribution is 6.32. The van der Waals surface area contributed by atoms with Gasteiger partial charge in [-0.1, -0.05) is 44.2 Å². The lowest BCUT2D eigenvalue weighted by atomic mass is 10.2. The molecule has 0 unspecified atom stereocenters. The molecule has 0 aliphatic carbocycles. The van der Waals surface area contributed by atoms with Crippen LogP contribution in [0.2, 0.25) is 5.02 Å². The van der Waals surface area contributed by atoms with Gasteiger partial charge < -0.3 is 10.5 Å². The van der Waals surface area contributed by atoms with Crippen LogP contribution < -0.4 is 10.5 Å². The Morgan fingerprint density at radius 1 is 0.917 bits per heavy atom. The minimum atomic E-state index is 0.553. The Hall–Kier alpha value is -2.07. The highest BCUT2D eigenvalue weighted by Gasteiger charge is 2.03. The number of benzene rings is 2. The molecule has 0 fully saturated rings. The molecule has 0 aliphatic rings. The lowest BCUT2D eigenvalue weighted by Crippen LogP contribution is -1.97. The molecule has 0 amide bonds. The van der Waals surface area contributed by atoms with Crippen LogP contribution in [0.4, 0.5) is 17.1 Å². The third kappa shape index (κ3) is 6.20. The van der Waals surface area contributed by atoms with Crippen molar-refractivity contribution in [1.29, 1.82) is 0 Å². The van der Waals surface area contributed by atoms with Gasteiger partial charge in [0.15, 0.2) is 0 Å². The molecule has 2 rings (SSSR count). The van der Waals surface area contributed by atoms with Crippen LogP contribution in [0.1, 0.15) is 39.0 Å². The predicted molar refractivity (Wildman–Crippen MR) is 101 cm³/mol. The summed E-state index contributed by atoms with van der Waals surface area (Å²) >= 11 is 6.25. The van der Waals surface area contributed by atoms with E-state index in [1.165, 1.54) is 25.7 Å². The molecule has 0 bridgehead atoms. The highest BCUT2D eigenvalue weighted by Crippen LogP contribution is 2.30. The average molecular weight is 346 g/mol. The number of rotatable bonds is 9. The molecular formula is C19H24ClN3O. The first-order valence-electron chi connectivity index (χ1n) is 8.38. The number of nitrogens with zero attached hydrogens (tertiary/aromatic N) is 2. The first-order chi connectivity index (χ1) is 11.7. The summed E-state index contributed by atoms with van der Waals surface area (Å²) in [6.07, 6.45) is 6.04. The first kappa shape index (κ1) is 18.3. The number of unbranched alkanes of at least 4 members (excludes halogenated alkanes) is 4. The molecular weight excluding hydrogens is 322 g/mol. The Labute approximate surface area is 148 Å². The maximum atomic E-state index is 6.25. The van der Waals surface area contributed by atoms with Crippen LogP contribution in [0.5, 0.6) is 5.75 Å². The number of nitrogen functional groups attached to an aromatic ring is 1. The minimum Gasteiger partial charge on any atom is -0.492 e. The number of anilines is 1. The number of azo groups is 1. The maximum absolute atomic E-state index is 6.25. The standard InChI is InChI=1S/C19H24ClN3O/c1-2-3-4-5-6-13-24-19-12-11-17(14-18(19)20)23-22-16-9-7-15(21)8-10-16/h7-12,14H,2-6,13,21H2,1H3. The van der Waals surface area contributed by atoms with Crippen molar-refractivity contribution in [3.63, 3.8) is 0 Å². The number of hydrogen-bond acceptors (Lipinski definition) is 4. The zero-order valence-electron chi connectivity index (χ0n) is 14.0. The van der Waals surface area contributed by atoms with E-state index in [2.05, 4.69) is 17.2 Å². The summed E-state index contributed by atoms with van der Waals surface area (Å²) in [6, 6.07) is 12.7. The van der Waals surface area contributed by atoms with Gasteiger partial charge in [0, 0.05) is 5.69 Å². The summed E-state index contributed by atoms with van der Waals surface area (Å²) in [4.78, 5) is 0. The van der Waals surface area contributed by atoms with E-state index >= 15 is 0 Å². The van der Waals surface area contributed by atoms with E-state index in [9.17, 15) is 0 Å². The summed E-state index contributed by atoms with van der Waals surface area (Å²) in [6.45, 7) is 2.90. The maximum Gasteiger partial charge on any atom is 0.138 e. The van der Waals surface area contributed by atoms with Crippen LogP contribution >= 0.6 is 11.6 Å². The van der Waals surface area contributed by atoms with Crippen molar-refractivity contribution in [1.82, 2.24) is 0 Å². The van der Waals surface area contributed by atoms with E-state index in [4.69, 9.17) is 22.1 Å². The topological polar surface area (TPSA) is 60.0 Å². The van der Waals surface area contributed by atoms with Crippen molar-refractivity contribution in [2.24, 2.45) is 10.2 Å². The number of nitrogens with two attached hydrogens (primary N) is 1. The van der Waals surface area contributed by atoms with Crippen LogP contribution in [0.15, 0.2) is 52.7 Å². The predicted octanol–water partition coefficient (Wildman–Crippen LogP) is 6.69. The summed E-state index contributed by atoms with van der Waals surface area (Å²) in [5.41, 5.74) is 7.77. The summed E-state index contributed by atoms with van der Waals surface area (Å²) in [5.74, 6) is 0.693. The lowest BCUT2D eigenvalue weighted by molar-refractivity contribution is 0.305. The largest absolute Gasteiger partial charge is 0.492 e. The summed E-state index contributed by atoms with van der Waals surface area (Å²) in [5, 5.41) is 8.90. The number of halogens is 1. The quantitative estimate of drug-likeness (QED) is 0.312. The Bertz CT molecular complexity index is 656. The summed E-state index contributed by atoms with van der Waals surface area (Å²) in [7, 11) is 0. The molecule has 4 nitrogen and oxygen atoms in total. The van der Waals surface area contributed by atoms with Crippen LogP contribution in [0.25, 0.3) is 0 Å². The summed E-state index contributed by atoms with van der Waals surface area (Å²) < 4.78 is 5.73. The van der Waals surface area contributed by atoms with Gasteiger partial charge in [0.25, 0.3) is 0 Å². The van der Waals surface area contributed by atoms with Crippen molar-refractivity contribution < 1.29 is 4.74 Å². The fourth-order valence-electron chi connectivity index (χ4n) is 2.21. The van der Waals surface area contributed by atoms with Gasteiger partial charge in [0.05, 0.1) is 23.0 Å². The van der Waals surface area contributed by atoms with Gasteiger partial charge >= 0.3 is 0 Å². The van der Waals surface area contributed by atoms with Crippen molar-refractivity contribution in [2.75, 3.05) is 12.3 Å². The zero-order valence-corrected chi connectivity index (χ0v) is 14.8. The molecule has 2 aromatic carbocycles. The van der Waals surface area contributed by atoms with Gasteiger partial charge in [-0.2, -0.15) is 10.2 Å². The van der Waals surface area contributed by atoms with Gasteiger partial charge in [-0.05, 0) is 48.9 Å². The van der Waals surface area contributed by atoms with Gasteiger partial charge in [-0.15, -0.1) is 0 Å². The molecule has 0 aromatic heterocycles. The molecule has 0 heterocycles. The smallest absolute Gasteiger partial charge is 0.138 e. The van der Waals surface area contributed by atoms with Gasteiger partial charge in [-0.3, -0.25) is 0 Å². The molecule has 0 spiro atoms. The number of ether oxygens (including phenoxy) is 1. The lowest BCUT2D eigenvalue weighted by Gasteiger charge is -2.08. The zero-order chi connectivity index (χ0) is 17.2. The third-order valence-corrected chi connectivity index (χ3v) is 3.89. The Balaban J connectivity index is 1.86. The molecule has 2 aromatic rings. The third-order valence-electron chi connectivity index (χ3n) is 3.59. The van der Waals surface area contributed by atoms with E-state index < -0.39 is 0 Å². The Morgan fingerprint density at radius 2 is 1.58 bits per heavy atom. The SMILES string of the molecule is CCCCCCCOc1ccc(N=Nc2ccc(N)cc2)cc1Cl. The van der Waals surface area contributed by atoms with Crippen LogP contribution in [-0.2, 0) is 0 Å². The monoisotopic (exact) mass is 345 g/mol. The minimum absolute atomic E-state index is 0.553. The van der Waals surface area contributed by atoms with Gasteiger partial charge in [0.1, 0.15) is 5.75 Å². The van der Waals surface area contributed by atoms with E-state index in [0.717, 1.165) is 12.1 Å². The second-order valence-electron chi connectivity index (χ2n) is 5.67. The molecule has 0 aliphatic heterocycles. The molecule has 0 saturated heterocycles. The average Bonchev–Trinajstić information content (AvgIpc) is 2.59. The molecule has 128 valence electrons. The normalized spacial score (nSPS) is 11.1. The van der Waals surface area contributed by atoms with E-state index in [1.807, 2.05) is 24.3 Å². The molecule has 24 heavy (non-hydrogen) atoms. The fraction of sp³-hybridized carbons (Fsp3) is 0.368. The molecule has 0 radical (unpaired) electrons. The van der Waals surface area contributed by atoms with E-state index in [0.29, 0.717) is 28.8 Å². The molecule has 2 N–H and O–H groups in total. The second-order valence-corrected chi connectivity index (χ2v) is 6.08. The van der Waals surface area contributed by atoms with Crippen molar-refractivity contribution >= 4 is 28.7 Å².